The number of allylic oxidation sites excluding steroid dienone is 4. The van der Waals surface area contributed by atoms with Gasteiger partial charge in [-0.15, -0.1) is 0 Å². The molecule has 0 rings (SSSR count). The fraction of sp³-hybridized carbons (Fsp3) is 0.714. The van der Waals surface area contributed by atoms with Crippen molar-refractivity contribution in [2.45, 2.75) is 53.9 Å². The number of unbranched alkanes of at least 4 members (excludes halogenated alkanes) is 1. The van der Waals surface area contributed by atoms with Crippen LogP contribution in [0.2, 0.25) is 0 Å². The van der Waals surface area contributed by atoms with E-state index in [1.807, 2.05) is 0 Å². The predicted octanol–water partition coefficient (Wildman–Crippen LogP) is 4.97. The highest BCUT2D eigenvalue weighted by atomic mass is 14.3. The molecule has 1 atom stereocenters. The van der Waals surface area contributed by atoms with Crippen LogP contribution in [0.15, 0.2) is 24.3 Å². The van der Waals surface area contributed by atoms with E-state index in [4.69, 9.17) is 0 Å². The van der Waals surface area contributed by atoms with Gasteiger partial charge in [0.05, 0.1) is 0 Å². The van der Waals surface area contributed by atoms with Crippen LogP contribution in [0.1, 0.15) is 53.9 Å². The molecule has 0 bridgehead atoms. The molecule has 0 amide bonds. The van der Waals surface area contributed by atoms with Crippen LogP contribution < -0.4 is 0 Å². The Morgan fingerprint density at radius 3 is 2.21 bits per heavy atom. The molecule has 0 aromatic heterocycles. The first kappa shape index (κ1) is 13.5. The van der Waals surface area contributed by atoms with Crippen molar-refractivity contribution in [1.82, 2.24) is 0 Å². The van der Waals surface area contributed by atoms with Crippen molar-refractivity contribution < 1.29 is 0 Å². The van der Waals surface area contributed by atoms with E-state index in [0.29, 0.717) is 11.3 Å². The Morgan fingerprint density at radius 2 is 1.79 bits per heavy atom. The summed E-state index contributed by atoms with van der Waals surface area (Å²) in [6, 6.07) is 0. The molecule has 0 spiro atoms. The summed E-state index contributed by atoms with van der Waals surface area (Å²) in [4.78, 5) is 0. The lowest BCUT2D eigenvalue weighted by Crippen LogP contribution is -2.18. The fourth-order valence-electron chi connectivity index (χ4n) is 1.55. The van der Waals surface area contributed by atoms with Crippen LogP contribution in [0, 0.1) is 11.3 Å². The molecule has 0 aliphatic rings. The van der Waals surface area contributed by atoms with Crippen molar-refractivity contribution in [3.8, 4) is 0 Å². The summed E-state index contributed by atoms with van der Waals surface area (Å²) in [5.74, 6) is 0.707. The summed E-state index contributed by atoms with van der Waals surface area (Å²) in [5.41, 5.74) is 0.396. The fourth-order valence-corrected chi connectivity index (χ4v) is 1.55. The molecule has 0 radical (unpaired) electrons. The zero-order chi connectivity index (χ0) is 11.0. The Bertz CT molecular complexity index is 179. The first-order valence-electron chi connectivity index (χ1n) is 5.81. The van der Waals surface area contributed by atoms with Gasteiger partial charge >= 0.3 is 0 Å². The highest BCUT2D eigenvalue weighted by Crippen LogP contribution is 2.31. The Morgan fingerprint density at radius 1 is 1.14 bits per heavy atom. The molecule has 0 saturated heterocycles. The molecule has 0 aromatic carbocycles. The molecule has 0 nitrogen and oxygen atoms in total. The van der Waals surface area contributed by atoms with Gasteiger partial charge in [0.1, 0.15) is 0 Å². The maximum atomic E-state index is 2.36. The van der Waals surface area contributed by atoms with E-state index in [1.54, 1.807) is 0 Å². The van der Waals surface area contributed by atoms with Crippen molar-refractivity contribution in [2.75, 3.05) is 0 Å². The summed E-state index contributed by atoms with van der Waals surface area (Å²) in [7, 11) is 0. The van der Waals surface area contributed by atoms with Crippen molar-refractivity contribution in [3.05, 3.63) is 24.3 Å². The minimum absolute atomic E-state index is 0.396. The van der Waals surface area contributed by atoms with E-state index in [2.05, 4.69) is 58.9 Å². The largest absolute Gasteiger partial charge is 0.0877 e. The maximum Gasteiger partial charge on any atom is -0.0182 e. The van der Waals surface area contributed by atoms with Crippen molar-refractivity contribution in [2.24, 2.45) is 11.3 Å². The first-order chi connectivity index (χ1) is 6.52. The van der Waals surface area contributed by atoms with Gasteiger partial charge in [-0.1, -0.05) is 64.8 Å². The molecule has 0 aliphatic carbocycles. The van der Waals surface area contributed by atoms with Crippen LogP contribution in [0.4, 0.5) is 0 Å². The van der Waals surface area contributed by atoms with Gasteiger partial charge in [0.15, 0.2) is 0 Å². The van der Waals surface area contributed by atoms with Crippen molar-refractivity contribution >= 4 is 0 Å². The standard InChI is InChI=1S/C14H26/c1-6-8-10-12-13(11-9-7-2)14(3,4)5/h6,8,10,12-13H,7,9,11H2,1-5H3/b8-6?,12-10-. The molecule has 0 heterocycles. The first-order valence-corrected chi connectivity index (χ1v) is 5.81. The monoisotopic (exact) mass is 194 g/mol. The lowest BCUT2D eigenvalue weighted by molar-refractivity contribution is 0.273. The van der Waals surface area contributed by atoms with E-state index in [-0.39, 0.29) is 0 Å². The number of hydrogen-bond acceptors (Lipinski definition) is 0. The summed E-state index contributed by atoms with van der Waals surface area (Å²) in [5, 5.41) is 0. The van der Waals surface area contributed by atoms with Crippen LogP contribution in [-0.2, 0) is 0 Å². The highest BCUT2D eigenvalue weighted by molar-refractivity contribution is 5.05. The molecule has 0 aliphatic heterocycles. The average Bonchev–Trinajstić information content (AvgIpc) is 2.09. The summed E-state index contributed by atoms with van der Waals surface area (Å²) < 4.78 is 0. The van der Waals surface area contributed by atoms with Crippen LogP contribution in [0.25, 0.3) is 0 Å². The molecule has 82 valence electrons. The molecule has 0 fully saturated rings. The average molecular weight is 194 g/mol. The third-order valence-corrected chi connectivity index (χ3v) is 2.63. The van der Waals surface area contributed by atoms with Gasteiger partial charge in [-0.25, -0.2) is 0 Å². The van der Waals surface area contributed by atoms with Crippen LogP contribution in [-0.4, -0.2) is 0 Å². The number of hydrogen-bond donors (Lipinski definition) is 0. The normalized spacial score (nSPS) is 15.5. The van der Waals surface area contributed by atoms with E-state index in [1.165, 1.54) is 19.3 Å². The van der Waals surface area contributed by atoms with Gasteiger partial charge in [0.25, 0.3) is 0 Å². The summed E-state index contributed by atoms with van der Waals surface area (Å²) >= 11 is 0. The van der Waals surface area contributed by atoms with Gasteiger partial charge in [0.2, 0.25) is 0 Å². The molecule has 0 N–H and O–H groups in total. The predicted molar refractivity (Wildman–Crippen MR) is 66.4 cm³/mol. The Balaban J connectivity index is 4.25. The number of rotatable bonds is 5. The van der Waals surface area contributed by atoms with Crippen molar-refractivity contribution in [1.29, 1.82) is 0 Å². The minimum atomic E-state index is 0.396. The summed E-state index contributed by atoms with van der Waals surface area (Å²) in [6.07, 6.45) is 12.7. The Hall–Kier alpha value is -0.520. The molecule has 1 unspecified atom stereocenters. The van der Waals surface area contributed by atoms with E-state index in [0.717, 1.165) is 0 Å². The SMILES string of the molecule is CC=C/C=C\C(CCCC)C(C)(C)C. The van der Waals surface area contributed by atoms with Crippen LogP contribution in [0.3, 0.4) is 0 Å². The smallest absolute Gasteiger partial charge is 0.0182 e. The second-order valence-corrected chi connectivity index (χ2v) is 5.03. The van der Waals surface area contributed by atoms with Crippen molar-refractivity contribution in [3.63, 3.8) is 0 Å². The maximum absolute atomic E-state index is 2.36. The minimum Gasteiger partial charge on any atom is -0.0877 e. The highest BCUT2D eigenvalue weighted by Gasteiger charge is 2.20. The molecule has 0 saturated carbocycles. The van der Waals surface area contributed by atoms with Gasteiger partial charge in [-0.2, -0.15) is 0 Å². The second-order valence-electron chi connectivity index (χ2n) is 5.03. The van der Waals surface area contributed by atoms with E-state index in [9.17, 15) is 0 Å². The lowest BCUT2D eigenvalue weighted by Gasteiger charge is -2.28. The zero-order valence-corrected chi connectivity index (χ0v) is 10.5. The molecular formula is C14H26. The van der Waals surface area contributed by atoms with Gasteiger partial charge in [0, 0.05) is 0 Å². The second kappa shape index (κ2) is 6.86. The molecule has 0 heteroatoms. The molecular weight excluding hydrogens is 168 g/mol. The van der Waals surface area contributed by atoms with Crippen LogP contribution >= 0.6 is 0 Å². The van der Waals surface area contributed by atoms with E-state index < -0.39 is 0 Å². The van der Waals surface area contributed by atoms with Gasteiger partial charge < -0.3 is 0 Å². The Labute approximate surface area is 90.1 Å². The molecule has 0 aromatic rings. The van der Waals surface area contributed by atoms with E-state index >= 15 is 0 Å². The Kier molecular flexibility index (Phi) is 6.61. The lowest BCUT2D eigenvalue weighted by atomic mass is 9.77. The molecule has 14 heavy (non-hydrogen) atoms. The zero-order valence-electron chi connectivity index (χ0n) is 10.5. The topological polar surface area (TPSA) is 0 Å². The van der Waals surface area contributed by atoms with Gasteiger partial charge in [-0.3, -0.25) is 0 Å². The van der Waals surface area contributed by atoms with Crippen LogP contribution in [0.5, 0.6) is 0 Å². The third-order valence-electron chi connectivity index (χ3n) is 2.63. The summed E-state index contributed by atoms with van der Waals surface area (Å²) in [6.45, 7) is 11.3. The van der Waals surface area contributed by atoms with Gasteiger partial charge in [-0.05, 0) is 24.7 Å². The third kappa shape index (κ3) is 6.01. The quantitative estimate of drug-likeness (QED) is 0.542.